The monoisotopic (exact) mass is 294 g/mol. The molecular weight excluding hydrogens is 272 g/mol. The summed E-state index contributed by atoms with van der Waals surface area (Å²) in [5.74, 6) is 0.630. The van der Waals surface area contributed by atoms with Gasteiger partial charge >= 0.3 is 0 Å². The first-order valence-corrected chi connectivity index (χ1v) is 7.80. The van der Waals surface area contributed by atoms with Crippen LogP contribution in [0, 0.1) is 11.8 Å². The number of halogens is 1. The Labute approximate surface area is 125 Å². The highest BCUT2D eigenvalue weighted by atomic mass is 35.5. The second-order valence-corrected chi connectivity index (χ2v) is 5.99. The fourth-order valence-corrected chi connectivity index (χ4v) is 3.20. The van der Waals surface area contributed by atoms with Crippen LogP contribution >= 0.6 is 11.6 Å². The molecule has 3 nitrogen and oxygen atoms in total. The zero-order chi connectivity index (χ0) is 14.4. The van der Waals surface area contributed by atoms with Crippen LogP contribution in [0.4, 0.5) is 0 Å². The number of benzene rings is 1. The Morgan fingerprint density at radius 1 is 1.35 bits per heavy atom. The molecule has 3 N–H and O–H groups in total. The third kappa shape index (κ3) is 4.22. The molecule has 110 valence electrons. The molecule has 0 bridgehead atoms. The van der Waals surface area contributed by atoms with Crippen molar-refractivity contribution >= 4 is 17.5 Å². The summed E-state index contributed by atoms with van der Waals surface area (Å²) < 4.78 is 0. The molecular formula is C16H23ClN2O. The van der Waals surface area contributed by atoms with Crippen molar-refractivity contribution in [1.29, 1.82) is 0 Å². The number of hydrogen-bond donors (Lipinski definition) is 2. The largest absolute Gasteiger partial charge is 0.356 e. The second kappa shape index (κ2) is 7.65. The van der Waals surface area contributed by atoms with Gasteiger partial charge in [-0.15, -0.1) is 0 Å². The average molecular weight is 295 g/mol. The molecule has 0 aromatic heterocycles. The van der Waals surface area contributed by atoms with E-state index in [2.05, 4.69) is 5.32 Å². The van der Waals surface area contributed by atoms with Gasteiger partial charge in [0.2, 0.25) is 5.91 Å². The van der Waals surface area contributed by atoms with Crippen molar-refractivity contribution < 1.29 is 4.79 Å². The first-order valence-electron chi connectivity index (χ1n) is 7.43. The van der Waals surface area contributed by atoms with E-state index in [0.717, 1.165) is 36.3 Å². The summed E-state index contributed by atoms with van der Waals surface area (Å²) in [6.07, 6.45) is 5.22. The summed E-state index contributed by atoms with van der Waals surface area (Å²) in [5, 5.41) is 3.79. The predicted octanol–water partition coefficient (Wildman–Crippen LogP) is 2.76. The maximum Gasteiger partial charge on any atom is 0.223 e. The second-order valence-electron chi connectivity index (χ2n) is 5.56. The molecule has 1 aliphatic carbocycles. The number of rotatable bonds is 5. The number of carbonyl (C=O) groups excluding carboxylic acids is 1. The van der Waals surface area contributed by atoms with E-state index in [1.54, 1.807) is 0 Å². The molecule has 4 heteroatoms. The predicted molar refractivity (Wildman–Crippen MR) is 82.7 cm³/mol. The molecule has 1 saturated carbocycles. The smallest absolute Gasteiger partial charge is 0.223 e. The van der Waals surface area contributed by atoms with Gasteiger partial charge in [0.05, 0.1) is 0 Å². The highest BCUT2D eigenvalue weighted by molar-refractivity contribution is 6.30. The molecule has 1 aromatic carbocycles. The molecule has 1 fully saturated rings. The van der Waals surface area contributed by atoms with Gasteiger partial charge in [-0.2, -0.15) is 0 Å². The Bertz CT molecular complexity index is 450. The van der Waals surface area contributed by atoms with Crippen LogP contribution in [0.1, 0.15) is 31.2 Å². The topological polar surface area (TPSA) is 55.1 Å². The summed E-state index contributed by atoms with van der Waals surface area (Å²) in [4.78, 5) is 12.2. The maximum absolute atomic E-state index is 12.2. The van der Waals surface area contributed by atoms with Gasteiger partial charge in [0.1, 0.15) is 0 Å². The van der Waals surface area contributed by atoms with Crippen LogP contribution in [-0.4, -0.2) is 19.0 Å². The van der Waals surface area contributed by atoms with Crippen LogP contribution in [0.15, 0.2) is 24.3 Å². The minimum atomic E-state index is 0.105. The fraction of sp³-hybridized carbons (Fsp3) is 0.562. The quantitative estimate of drug-likeness (QED) is 0.877. The summed E-state index contributed by atoms with van der Waals surface area (Å²) in [5.41, 5.74) is 6.92. The van der Waals surface area contributed by atoms with Crippen LogP contribution < -0.4 is 11.1 Å². The SMILES string of the molecule is NCC1CCCCC1C(=O)NCCc1cccc(Cl)c1. The van der Waals surface area contributed by atoms with Gasteiger partial charge in [-0.1, -0.05) is 36.6 Å². The first-order chi connectivity index (χ1) is 9.70. The van der Waals surface area contributed by atoms with E-state index in [-0.39, 0.29) is 11.8 Å². The number of nitrogens with two attached hydrogens (primary N) is 1. The van der Waals surface area contributed by atoms with E-state index in [1.165, 1.54) is 6.42 Å². The Hall–Kier alpha value is -1.06. The number of carbonyl (C=O) groups is 1. The highest BCUT2D eigenvalue weighted by Crippen LogP contribution is 2.29. The van der Waals surface area contributed by atoms with Crippen molar-refractivity contribution in [3.63, 3.8) is 0 Å². The lowest BCUT2D eigenvalue weighted by Gasteiger charge is -2.29. The van der Waals surface area contributed by atoms with Gasteiger partial charge in [-0.3, -0.25) is 4.79 Å². The summed E-state index contributed by atoms with van der Waals surface area (Å²) in [7, 11) is 0. The van der Waals surface area contributed by atoms with Crippen LogP contribution in [0.2, 0.25) is 5.02 Å². The van der Waals surface area contributed by atoms with Crippen LogP contribution in [-0.2, 0) is 11.2 Å². The first kappa shape index (κ1) is 15.3. The highest BCUT2D eigenvalue weighted by Gasteiger charge is 2.29. The van der Waals surface area contributed by atoms with E-state index >= 15 is 0 Å². The van der Waals surface area contributed by atoms with Crippen molar-refractivity contribution in [1.82, 2.24) is 5.32 Å². The Morgan fingerprint density at radius 2 is 2.15 bits per heavy atom. The number of nitrogens with one attached hydrogen (secondary N) is 1. The molecule has 2 unspecified atom stereocenters. The van der Waals surface area contributed by atoms with Gasteiger partial charge < -0.3 is 11.1 Å². The fourth-order valence-electron chi connectivity index (χ4n) is 2.99. The van der Waals surface area contributed by atoms with Gasteiger partial charge in [0.25, 0.3) is 0 Å². The van der Waals surface area contributed by atoms with Crippen molar-refractivity contribution in [2.24, 2.45) is 17.6 Å². The van der Waals surface area contributed by atoms with Crippen LogP contribution in [0.3, 0.4) is 0 Å². The standard InChI is InChI=1S/C16H23ClN2O/c17-14-6-3-4-12(10-14)8-9-19-16(20)15-7-2-1-5-13(15)11-18/h3-4,6,10,13,15H,1-2,5,7-9,11,18H2,(H,19,20). The van der Waals surface area contributed by atoms with Crippen LogP contribution in [0.25, 0.3) is 0 Å². The van der Waals surface area contributed by atoms with E-state index in [4.69, 9.17) is 17.3 Å². The summed E-state index contributed by atoms with van der Waals surface area (Å²) >= 11 is 5.94. The summed E-state index contributed by atoms with van der Waals surface area (Å²) in [6.45, 7) is 1.28. The zero-order valence-electron chi connectivity index (χ0n) is 11.8. The van der Waals surface area contributed by atoms with Crippen molar-refractivity contribution in [2.75, 3.05) is 13.1 Å². The molecule has 1 amide bonds. The molecule has 2 rings (SSSR count). The van der Waals surface area contributed by atoms with Gasteiger partial charge in [-0.25, -0.2) is 0 Å². The van der Waals surface area contributed by atoms with Crippen LogP contribution in [0.5, 0.6) is 0 Å². The van der Waals surface area contributed by atoms with Crippen molar-refractivity contribution in [2.45, 2.75) is 32.1 Å². The molecule has 0 spiro atoms. The number of amides is 1. The third-order valence-corrected chi connectivity index (χ3v) is 4.39. The minimum absolute atomic E-state index is 0.105. The lowest BCUT2D eigenvalue weighted by atomic mass is 9.79. The van der Waals surface area contributed by atoms with E-state index in [9.17, 15) is 4.79 Å². The zero-order valence-corrected chi connectivity index (χ0v) is 12.5. The molecule has 0 heterocycles. The van der Waals surface area contributed by atoms with Crippen molar-refractivity contribution in [3.8, 4) is 0 Å². The molecule has 1 aliphatic rings. The minimum Gasteiger partial charge on any atom is -0.356 e. The lowest BCUT2D eigenvalue weighted by Crippen LogP contribution is -2.40. The lowest BCUT2D eigenvalue weighted by molar-refractivity contribution is -0.127. The van der Waals surface area contributed by atoms with Gasteiger partial charge in [0.15, 0.2) is 0 Å². The summed E-state index contributed by atoms with van der Waals surface area (Å²) in [6, 6.07) is 7.76. The van der Waals surface area contributed by atoms with Crippen molar-refractivity contribution in [3.05, 3.63) is 34.9 Å². The average Bonchev–Trinajstić information content (AvgIpc) is 2.47. The van der Waals surface area contributed by atoms with Gasteiger partial charge in [0, 0.05) is 17.5 Å². The Morgan fingerprint density at radius 3 is 2.90 bits per heavy atom. The van der Waals surface area contributed by atoms with E-state index < -0.39 is 0 Å². The molecule has 0 radical (unpaired) electrons. The third-order valence-electron chi connectivity index (χ3n) is 4.15. The Balaban J connectivity index is 1.79. The van der Waals surface area contributed by atoms with Gasteiger partial charge in [-0.05, 0) is 49.4 Å². The Kier molecular flexibility index (Phi) is 5.86. The van der Waals surface area contributed by atoms with E-state index in [0.29, 0.717) is 19.0 Å². The normalized spacial score (nSPS) is 22.5. The molecule has 20 heavy (non-hydrogen) atoms. The maximum atomic E-state index is 12.2. The molecule has 1 aromatic rings. The number of hydrogen-bond acceptors (Lipinski definition) is 2. The molecule has 0 saturated heterocycles. The molecule has 0 aliphatic heterocycles. The van der Waals surface area contributed by atoms with E-state index in [1.807, 2.05) is 24.3 Å². The molecule has 2 atom stereocenters.